The first kappa shape index (κ1) is 19.7. The summed E-state index contributed by atoms with van der Waals surface area (Å²) in [6.45, 7) is 2.24. The molecule has 0 saturated heterocycles. The van der Waals surface area contributed by atoms with Crippen LogP contribution in [0.15, 0.2) is 64.1 Å². The largest absolute Gasteiger partial charge is 0.441 e. The molecule has 5 nitrogen and oxygen atoms in total. The summed E-state index contributed by atoms with van der Waals surface area (Å²) in [6.07, 6.45) is 8.31. The molecule has 0 bridgehead atoms. The summed E-state index contributed by atoms with van der Waals surface area (Å²) in [6, 6.07) is 17.5. The van der Waals surface area contributed by atoms with Gasteiger partial charge >= 0.3 is 0 Å². The van der Waals surface area contributed by atoms with E-state index in [2.05, 4.69) is 29.1 Å². The van der Waals surface area contributed by atoms with Crippen LogP contribution in [0.2, 0.25) is 0 Å². The number of nitrogens with zero attached hydrogens (tertiary/aromatic N) is 4. The highest BCUT2D eigenvalue weighted by Gasteiger charge is 2.16. The fourth-order valence-corrected chi connectivity index (χ4v) is 3.28. The highest BCUT2D eigenvalue weighted by atomic mass is 16.4. The molecule has 144 valence electrons. The minimum atomic E-state index is 0.553. The van der Waals surface area contributed by atoms with E-state index in [0.717, 1.165) is 35.4 Å². The fourth-order valence-electron chi connectivity index (χ4n) is 3.28. The molecule has 1 aromatic heterocycles. The molecule has 0 aliphatic carbocycles. The van der Waals surface area contributed by atoms with Gasteiger partial charge in [0.15, 0.2) is 0 Å². The molecule has 0 saturated carbocycles. The summed E-state index contributed by atoms with van der Waals surface area (Å²) in [5.74, 6) is 1.49. The van der Waals surface area contributed by atoms with Gasteiger partial charge in [0.05, 0.1) is 0 Å². The van der Waals surface area contributed by atoms with Crippen LogP contribution in [0.4, 0.5) is 5.69 Å². The number of hydrogen-bond acceptors (Lipinski definition) is 3. The molecule has 0 amide bonds. The van der Waals surface area contributed by atoms with Crippen LogP contribution in [0.3, 0.4) is 0 Å². The molecule has 5 heteroatoms. The van der Waals surface area contributed by atoms with E-state index in [1.54, 1.807) is 12.1 Å². The summed E-state index contributed by atoms with van der Waals surface area (Å²) in [5, 5.41) is 3.68. The molecule has 0 aliphatic rings. The molecule has 0 N–H and O–H groups in total. The summed E-state index contributed by atoms with van der Waals surface area (Å²) in [4.78, 5) is 7.63. The minimum absolute atomic E-state index is 0.553. The summed E-state index contributed by atoms with van der Waals surface area (Å²) in [7, 11) is 0. The number of aromatic nitrogens is 1. The van der Waals surface area contributed by atoms with Crippen LogP contribution in [0.25, 0.3) is 33.2 Å². The molecule has 28 heavy (non-hydrogen) atoms. The second-order valence-electron chi connectivity index (χ2n) is 6.91. The molecule has 0 unspecified atom stereocenters. The van der Waals surface area contributed by atoms with Crippen molar-refractivity contribution >= 4 is 5.69 Å². The standard InChI is InChI=1S/C23H26N4O/c1-2-3-4-5-6-10-16-21-22(18-12-8-7-9-13-18)25-23(28-21)19-14-11-15-20(17-19)26-27-24/h7-9,11-15,17H,2-6,10,16H2,1H3. The van der Waals surface area contributed by atoms with Crippen LogP contribution in [-0.4, -0.2) is 4.98 Å². The number of aryl methyl sites for hydroxylation is 1. The maximum Gasteiger partial charge on any atom is 0.226 e. The summed E-state index contributed by atoms with van der Waals surface area (Å²) in [5.41, 5.74) is 12.0. The Kier molecular flexibility index (Phi) is 7.28. The average Bonchev–Trinajstić information content (AvgIpc) is 3.16. The van der Waals surface area contributed by atoms with Gasteiger partial charge in [-0.2, -0.15) is 0 Å². The number of azide groups is 1. The molecule has 3 rings (SSSR count). The van der Waals surface area contributed by atoms with E-state index in [9.17, 15) is 0 Å². The van der Waals surface area contributed by atoms with E-state index in [4.69, 9.17) is 14.9 Å². The molecular weight excluding hydrogens is 348 g/mol. The average molecular weight is 374 g/mol. The first-order valence-electron chi connectivity index (χ1n) is 10.0. The third kappa shape index (κ3) is 5.24. The lowest BCUT2D eigenvalue weighted by Gasteiger charge is -2.02. The summed E-state index contributed by atoms with van der Waals surface area (Å²) >= 11 is 0. The van der Waals surface area contributed by atoms with Crippen molar-refractivity contribution in [2.75, 3.05) is 0 Å². The van der Waals surface area contributed by atoms with Crippen LogP contribution in [0, 0.1) is 0 Å². The highest BCUT2D eigenvalue weighted by molar-refractivity contribution is 5.67. The normalized spacial score (nSPS) is 10.6. The lowest BCUT2D eigenvalue weighted by Crippen LogP contribution is -1.88. The van der Waals surface area contributed by atoms with Crippen molar-refractivity contribution in [2.45, 2.75) is 51.9 Å². The molecule has 0 spiro atoms. The number of hydrogen-bond donors (Lipinski definition) is 0. The van der Waals surface area contributed by atoms with Gasteiger partial charge in [0, 0.05) is 28.1 Å². The van der Waals surface area contributed by atoms with Crippen LogP contribution in [-0.2, 0) is 6.42 Å². The molecular formula is C23H26N4O. The Hall–Kier alpha value is -3.04. The molecule has 0 fully saturated rings. The zero-order valence-electron chi connectivity index (χ0n) is 16.3. The Morgan fingerprint density at radius 1 is 0.929 bits per heavy atom. The zero-order chi connectivity index (χ0) is 19.6. The number of unbranched alkanes of at least 4 members (excludes halogenated alkanes) is 5. The Labute approximate surface area is 166 Å². The van der Waals surface area contributed by atoms with Crippen molar-refractivity contribution < 1.29 is 4.42 Å². The molecule has 3 aromatic rings. The first-order valence-corrected chi connectivity index (χ1v) is 10.0. The van der Waals surface area contributed by atoms with Crippen molar-refractivity contribution in [3.63, 3.8) is 0 Å². The van der Waals surface area contributed by atoms with Crippen LogP contribution >= 0.6 is 0 Å². The van der Waals surface area contributed by atoms with Crippen molar-refractivity contribution in [3.05, 3.63) is 70.8 Å². The number of oxazole rings is 1. The van der Waals surface area contributed by atoms with Crippen molar-refractivity contribution in [3.8, 4) is 22.7 Å². The van der Waals surface area contributed by atoms with E-state index >= 15 is 0 Å². The van der Waals surface area contributed by atoms with Gasteiger partial charge < -0.3 is 4.42 Å². The predicted octanol–water partition coefficient (Wildman–Crippen LogP) is 7.85. The Morgan fingerprint density at radius 3 is 2.46 bits per heavy atom. The third-order valence-electron chi connectivity index (χ3n) is 4.76. The maximum atomic E-state index is 8.67. The Bertz CT molecular complexity index is 927. The van der Waals surface area contributed by atoms with Crippen LogP contribution in [0.1, 0.15) is 51.2 Å². The number of benzene rings is 2. The third-order valence-corrected chi connectivity index (χ3v) is 4.76. The molecule has 0 radical (unpaired) electrons. The van der Waals surface area contributed by atoms with Gasteiger partial charge in [-0.05, 0) is 24.1 Å². The van der Waals surface area contributed by atoms with Gasteiger partial charge in [0.25, 0.3) is 0 Å². The quantitative estimate of drug-likeness (QED) is 0.157. The van der Waals surface area contributed by atoms with Gasteiger partial charge in [0.1, 0.15) is 11.5 Å². The Morgan fingerprint density at radius 2 is 1.68 bits per heavy atom. The number of rotatable bonds is 10. The zero-order valence-corrected chi connectivity index (χ0v) is 16.3. The maximum absolute atomic E-state index is 8.67. The molecule has 0 atom stereocenters. The molecule has 1 heterocycles. The first-order chi connectivity index (χ1) is 13.8. The Balaban J connectivity index is 1.83. The molecule has 0 aliphatic heterocycles. The topological polar surface area (TPSA) is 74.8 Å². The lowest BCUT2D eigenvalue weighted by molar-refractivity contribution is 0.500. The van der Waals surface area contributed by atoms with Gasteiger partial charge in [-0.25, -0.2) is 4.98 Å². The van der Waals surface area contributed by atoms with E-state index in [1.807, 2.05) is 30.3 Å². The van der Waals surface area contributed by atoms with E-state index < -0.39 is 0 Å². The monoisotopic (exact) mass is 374 g/mol. The highest BCUT2D eigenvalue weighted by Crippen LogP contribution is 2.31. The van der Waals surface area contributed by atoms with Crippen molar-refractivity contribution in [1.29, 1.82) is 0 Å². The summed E-state index contributed by atoms with van der Waals surface area (Å²) < 4.78 is 6.17. The second kappa shape index (κ2) is 10.3. The van der Waals surface area contributed by atoms with Gasteiger partial charge in [0.2, 0.25) is 5.89 Å². The predicted molar refractivity (Wildman–Crippen MR) is 113 cm³/mol. The van der Waals surface area contributed by atoms with Gasteiger partial charge in [-0.15, -0.1) is 0 Å². The van der Waals surface area contributed by atoms with Crippen LogP contribution < -0.4 is 0 Å². The van der Waals surface area contributed by atoms with E-state index in [-0.39, 0.29) is 0 Å². The minimum Gasteiger partial charge on any atom is -0.441 e. The lowest BCUT2D eigenvalue weighted by atomic mass is 10.1. The van der Waals surface area contributed by atoms with E-state index in [1.165, 1.54) is 32.1 Å². The van der Waals surface area contributed by atoms with Crippen LogP contribution in [0.5, 0.6) is 0 Å². The SMILES string of the molecule is CCCCCCCCc1oc(-c2cccc(N=[N+]=[N-])c2)nc1-c1ccccc1. The molecule has 2 aromatic carbocycles. The van der Waals surface area contributed by atoms with Crippen molar-refractivity contribution in [1.82, 2.24) is 4.98 Å². The van der Waals surface area contributed by atoms with Crippen molar-refractivity contribution in [2.24, 2.45) is 5.11 Å². The van der Waals surface area contributed by atoms with Gasteiger partial charge in [-0.1, -0.05) is 86.6 Å². The second-order valence-corrected chi connectivity index (χ2v) is 6.91. The smallest absolute Gasteiger partial charge is 0.226 e. The van der Waals surface area contributed by atoms with Gasteiger partial charge in [-0.3, -0.25) is 0 Å². The van der Waals surface area contributed by atoms with E-state index in [0.29, 0.717) is 11.6 Å². The fraction of sp³-hybridized carbons (Fsp3) is 0.348.